The van der Waals surface area contributed by atoms with E-state index in [0.717, 1.165) is 11.1 Å². The quantitative estimate of drug-likeness (QED) is 0.604. The smallest absolute Gasteiger partial charge is 0.169 e. The van der Waals surface area contributed by atoms with Crippen molar-refractivity contribution in [1.82, 2.24) is 0 Å². The van der Waals surface area contributed by atoms with Crippen LogP contribution >= 0.6 is 0 Å². The monoisotopic (exact) mass is 173 g/mol. The van der Waals surface area contributed by atoms with E-state index in [0.29, 0.717) is 17.7 Å². The van der Waals surface area contributed by atoms with Crippen molar-refractivity contribution < 1.29 is 4.79 Å². The second-order valence-corrected chi connectivity index (χ2v) is 3.32. The zero-order chi connectivity index (χ0) is 9.42. The maximum Gasteiger partial charge on any atom is 0.169 e. The number of hydrogen-bond acceptors (Lipinski definition) is 2. The minimum Gasteiger partial charge on any atom is -0.402 e. The molecular weight excluding hydrogens is 162 g/mol. The molecule has 0 fully saturated rings. The van der Waals surface area contributed by atoms with E-state index in [1.165, 1.54) is 0 Å². The molecule has 0 atom stereocenters. The van der Waals surface area contributed by atoms with Crippen molar-refractivity contribution >= 4 is 11.4 Å². The topological polar surface area (TPSA) is 43.1 Å². The Balaban J connectivity index is 2.67. The highest BCUT2D eigenvalue weighted by molar-refractivity contribution is 6.26. The molecule has 0 bridgehead atoms. The van der Waals surface area contributed by atoms with Gasteiger partial charge in [0, 0.05) is 17.7 Å². The van der Waals surface area contributed by atoms with Crippen LogP contribution in [0.15, 0.2) is 30.0 Å². The van der Waals surface area contributed by atoms with Gasteiger partial charge >= 0.3 is 0 Å². The lowest BCUT2D eigenvalue weighted by Gasteiger charge is -2.00. The van der Waals surface area contributed by atoms with E-state index in [1.807, 2.05) is 24.3 Å². The molecule has 1 aliphatic rings. The molecule has 0 radical (unpaired) electrons. The van der Waals surface area contributed by atoms with Crippen molar-refractivity contribution in [2.45, 2.75) is 13.3 Å². The molecule has 2 N–H and O–H groups in total. The molecule has 0 saturated carbocycles. The number of benzene rings is 1. The van der Waals surface area contributed by atoms with E-state index >= 15 is 0 Å². The van der Waals surface area contributed by atoms with Crippen LogP contribution in [0.2, 0.25) is 0 Å². The summed E-state index contributed by atoms with van der Waals surface area (Å²) in [5, 5.41) is 0. The minimum absolute atomic E-state index is 0.140. The molecule has 2 rings (SSSR count). The fraction of sp³-hybridized carbons (Fsp3) is 0.182. The van der Waals surface area contributed by atoms with Gasteiger partial charge in [0.1, 0.15) is 0 Å². The van der Waals surface area contributed by atoms with Gasteiger partial charge in [-0.15, -0.1) is 0 Å². The highest BCUT2D eigenvalue weighted by Crippen LogP contribution is 2.30. The Bertz CT molecular complexity index is 400. The highest BCUT2D eigenvalue weighted by atomic mass is 16.1. The number of hydrogen-bond donors (Lipinski definition) is 1. The molecule has 0 heterocycles. The van der Waals surface area contributed by atoms with Gasteiger partial charge in [-0.3, -0.25) is 4.79 Å². The van der Waals surface area contributed by atoms with Gasteiger partial charge in [0.05, 0.1) is 0 Å². The minimum atomic E-state index is 0.140. The Kier molecular flexibility index (Phi) is 1.69. The van der Waals surface area contributed by atoms with Crippen molar-refractivity contribution in [3.63, 3.8) is 0 Å². The standard InChI is InChI=1S/C11H11NO/c1-7(12)11-9-5-3-2-4-8(9)6-10(11)13/h2-5H,6,12H2,1H3/b11-7-. The third kappa shape index (κ3) is 1.15. The van der Waals surface area contributed by atoms with Crippen LogP contribution in [0.1, 0.15) is 18.1 Å². The molecule has 1 aromatic rings. The largest absolute Gasteiger partial charge is 0.402 e. The lowest BCUT2D eigenvalue weighted by atomic mass is 10.1. The van der Waals surface area contributed by atoms with Crippen molar-refractivity contribution in [1.29, 1.82) is 0 Å². The number of ketones is 1. The zero-order valence-corrected chi connectivity index (χ0v) is 7.50. The second kappa shape index (κ2) is 2.73. The third-order valence-corrected chi connectivity index (χ3v) is 2.31. The summed E-state index contributed by atoms with van der Waals surface area (Å²) in [5.74, 6) is 0.140. The predicted molar refractivity (Wildman–Crippen MR) is 51.9 cm³/mol. The van der Waals surface area contributed by atoms with Gasteiger partial charge in [-0.1, -0.05) is 24.3 Å². The van der Waals surface area contributed by atoms with E-state index in [-0.39, 0.29) is 5.78 Å². The summed E-state index contributed by atoms with van der Waals surface area (Å²) in [4.78, 5) is 11.5. The Labute approximate surface area is 77.1 Å². The van der Waals surface area contributed by atoms with E-state index in [2.05, 4.69) is 0 Å². The average molecular weight is 173 g/mol. The summed E-state index contributed by atoms with van der Waals surface area (Å²) in [6, 6.07) is 7.80. The van der Waals surface area contributed by atoms with Gasteiger partial charge in [-0.2, -0.15) is 0 Å². The SMILES string of the molecule is C/C(N)=C1/C(=O)Cc2ccccc21. The summed E-state index contributed by atoms with van der Waals surface area (Å²) >= 11 is 0. The molecule has 1 aromatic carbocycles. The highest BCUT2D eigenvalue weighted by Gasteiger charge is 2.24. The molecular formula is C11H11NO. The van der Waals surface area contributed by atoms with Gasteiger partial charge in [-0.05, 0) is 18.1 Å². The van der Waals surface area contributed by atoms with E-state index in [4.69, 9.17) is 5.73 Å². The number of carbonyl (C=O) groups excluding carboxylic acids is 1. The molecule has 2 heteroatoms. The van der Waals surface area contributed by atoms with E-state index in [1.54, 1.807) is 6.92 Å². The number of Topliss-reactive ketones (excluding diaryl/α,β-unsaturated/α-hetero) is 1. The second-order valence-electron chi connectivity index (χ2n) is 3.32. The number of nitrogens with two attached hydrogens (primary N) is 1. The van der Waals surface area contributed by atoms with Crippen LogP contribution in [-0.4, -0.2) is 5.78 Å². The van der Waals surface area contributed by atoms with Crippen LogP contribution in [0.5, 0.6) is 0 Å². The van der Waals surface area contributed by atoms with Crippen LogP contribution in [0.25, 0.3) is 5.57 Å². The Morgan fingerprint density at radius 1 is 1.38 bits per heavy atom. The molecule has 0 spiro atoms. The fourth-order valence-corrected chi connectivity index (χ4v) is 1.76. The van der Waals surface area contributed by atoms with E-state index in [9.17, 15) is 4.79 Å². The van der Waals surface area contributed by atoms with Crippen molar-refractivity contribution in [3.05, 3.63) is 41.1 Å². The lowest BCUT2D eigenvalue weighted by molar-refractivity contribution is -0.112. The first kappa shape index (κ1) is 8.05. The summed E-state index contributed by atoms with van der Waals surface area (Å²) < 4.78 is 0. The number of allylic oxidation sites excluding steroid dienone is 2. The Hall–Kier alpha value is -1.57. The Morgan fingerprint density at radius 2 is 2.08 bits per heavy atom. The van der Waals surface area contributed by atoms with Gasteiger partial charge in [0.25, 0.3) is 0 Å². The average Bonchev–Trinajstić information content (AvgIpc) is 2.39. The van der Waals surface area contributed by atoms with Crippen molar-refractivity contribution in [2.75, 3.05) is 0 Å². The van der Waals surface area contributed by atoms with Gasteiger partial charge < -0.3 is 5.73 Å². The molecule has 0 saturated heterocycles. The number of rotatable bonds is 0. The van der Waals surface area contributed by atoms with Gasteiger partial charge in [-0.25, -0.2) is 0 Å². The fourth-order valence-electron chi connectivity index (χ4n) is 1.76. The van der Waals surface area contributed by atoms with Gasteiger partial charge in [0.15, 0.2) is 5.78 Å². The molecule has 2 nitrogen and oxygen atoms in total. The van der Waals surface area contributed by atoms with Gasteiger partial charge in [0.2, 0.25) is 0 Å². The summed E-state index contributed by atoms with van der Waals surface area (Å²) in [7, 11) is 0. The molecule has 0 aliphatic heterocycles. The molecule has 13 heavy (non-hydrogen) atoms. The molecule has 1 aliphatic carbocycles. The molecule has 0 amide bonds. The zero-order valence-electron chi connectivity index (χ0n) is 7.50. The van der Waals surface area contributed by atoms with Crippen molar-refractivity contribution in [2.24, 2.45) is 5.73 Å². The normalized spacial score (nSPS) is 18.7. The molecule has 66 valence electrons. The lowest BCUT2D eigenvalue weighted by Crippen LogP contribution is -2.02. The van der Waals surface area contributed by atoms with Crippen LogP contribution in [-0.2, 0) is 11.2 Å². The van der Waals surface area contributed by atoms with Crippen LogP contribution < -0.4 is 5.73 Å². The first-order valence-corrected chi connectivity index (χ1v) is 4.28. The van der Waals surface area contributed by atoms with Crippen LogP contribution in [0.3, 0.4) is 0 Å². The van der Waals surface area contributed by atoms with Crippen molar-refractivity contribution in [3.8, 4) is 0 Å². The summed E-state index contributed by atoms with van der Waals surface area (Å²) in [6.45, 7) is 1.77. The first-order chi connectivity index (χ1) is 6.20. The maximum atomic E-state index is 11.5. The number of fused-ring (bicyclic) bond motifs is 1. The third-order valence-electron chi connectivity index (χ3n) is 2.31. The molecule has 0 aromatic heterocycles. The first-order valence-electron chi connectivity index (χ1n) is 4.28. The van der Waals surface area contributed by atoms with E-state index < -0.39 is 0 Å². The summed E-state index contributed by atoms with van der Waals surface area (Å²) in [6.07, 6.45) is 0.500. The Morgan fingerprint density at radius 3 is 2.77 bits per heavy atom. The maximum absolute atomic E-state index is 11.5. The van der Waals surface area contributed by atoms with Crippen LogP contribution in [0.4, 0.5) is 0 Å². The number of carbonyl (C=O) groups is 1. The molecule has 0 unspecified atom stereocenters. The van der Waals surface area contributed by atoms with Crippen LogP contribution in [0, 0.1) is 0 Å². The predicted octanol–water partition coefficient (Wildman–Crippen LogP) is 1.50. The summed E-state index contributed by atoms with van der Waals surface area (Å²) in [5.41, 5.74) is 9.08.